The Hall–Kier alpha value is -5.39. The maximum Gasteiger partial charge on any atom is 0.368 e. The van der Waals surface area contributed by atoms with Crippen molar-refractivity contribution < 1.29 is 0 Å². The first-order valence-electron chi connectivity index (χ1n) is 12.2. The first kappa shape index (κ1) is 21.9. The average molecular weight is 500 g/mol. The van der Waals surface area contributed by atoms with E-state index in [1.807, 2.05) is 107 Å². The summed E-state index contributed by atoms with van der Waals surface area (Å²) >= 11 is 0. The predicted molar refractivity (Wildman–Crippen MR) is 143 cm³/mol. The van der Waals surface area contributed by atoms with Crippen molar-refractivity contribution in [1.29, 1.82) is 0 Å². The van der Waals surface area contributed by atoms with Crippen LogP contribution in [0.1, 0.15) is 0 Å². The normalized spacial score (nSPS) is 12.2. The van der Waals surface area contributed by atoms with Crippen LogP contribution in [0, 0.1) is 0 Å². The van der Waals surface area contributed by atoms with Crippen molar-refractivity contribution in [3.05, 3.63) is 135 Å². The maximum atomic E-state index is 4.69. The van der Waals surface area contributed by atoms with Crippen LogP contribution in [0.15, 0.2) is 135 Å². The summed E-state index contributed by atoms with van der Waals surface area (Å²) in [6, 6.07) is 19.7. The van der Waals surface area contributed by atoms with Gasteiger partial charge in [0, 0.05) is 37.2 Å². The van der Waals surface area contributed by atoms with Crippen molar-refractivity contribution >= 4 is 24.0 Å². The fraction of sp³-hybridized carbons (Fsp3) is 0. The highest BCUT2D eigenvalue weighted by atomic mass is 15.5. The van der Waals surface area contributed by atoms with Crippen molar-refractivity contribution in [3.63, 3.8) is 0 Å². The average Bonchev–Trinajstić information content (AvgIpc) is 3.81. The van der Waals surface area contributed by atoms with Crippen LogP contribution in [0.5, 0.6) is 0 Å². The van der Waals surface area contributed by atoms with E-state index in [0.717, 1.165) is 10.9 Å². The molecular weight excluding hydrogens is 478 g/mol. The minimum atomic E-state index is -2.02. The van der Waals surface area contributed by atoms with Crippen LogP contribution >= 0.6 is 0 Å². The topological polar surface area (TPSA) is 107 Å². The van der Waals surface area contributed by atoms with Gasteiger partial charge >= 0.3 is 13.1 Å². The summed E-state index contributed by atoms with van der Waals surface area (Å²) in [5.74, 6) is 0. The minimum absolute atomic E-state index is 0.927. The third kappa shape index (κ3) is 3.00. The molecule has 14 heteroatoms. The highest BCUT2D eigenvalue weighted by molar-refractivity contribution is 6.90. The van der Waals surface area contributed by atoms with Crippen LogP contribution < -0.4 is 10.9 Å². The molecule has 0 spiro atoms. The van der Waals surface area contributed by atoms with Crippen molar-refractivity contribution in [3.8, 4) is 0 Å². The van der Waals surface area contributed by atoms with Crippen LogP contribution in [-0.4, -0.2) is 71.3 Å². The maximum absolute atomic E-state index is 4.69. The predicted octanol–water partition coefficient (Wildman–Crippen LogP) is 0.447. The van der Waals surface area contributed by atoms with E-state index in [9.17, 15) is 0 Å². The lowest BCUT2D eigenvalue weighted by molar-refractivity contribution is 0.741. The highest BCUT2D eigenvalue weighted by Gasteiger charge is 2.40. The Bertz CT molecular complexity index is 1410. The molecule has 0 bridgehead atoms. The zero-order valence-electron chi connectivity index (χ0n) is 20.2. The molecule has 0 unspecified atom stereocenters. The molecule has 0 aliphatic carbocycles. The molecule has 12 nitrogen and oxygen atoms in total. The molecule has 0 amide bonds. The fourth-order valence-corrected chi connectivity index (χ4v) is 5.65. The van der Waals surface area contributed by atoms with E-state index in [1.165, 1.54) is 0 Å². The first-order chi connectivity index (χ1) is 18.8. The van der Waals surface area contributed by atoms with Crippen molar-refractivity contribution in [2.45, 2.75) is 0 Å². The molecule has 0 atom stereocenters. The molecule has 38 heavy (non-hydrogen) atoms. The molecule has 0 N–H and O–H groups in total. The zero-order chi connectivity index (χ0) is 25.4. The Morgan fingerprint density at radius 2 is 0.632 bits per heavy atom. The number of aromatic nitrogens is 12. The Morgan fingerprint density at radius 1 is 0.368 bits per heavy atom. The van der Waals surface area contributed by atoms with Gasteiger partial charge in [-0.25, -0.2) is 30.6 Å². The van der Waals surface area contributed by atoms with E-state index in [4.69, 9.17) is 30.6 Å². The molecule has 0 fully saturated rings. The van der Waals surface area contributed by atoms with Gasteiger partial charge < -0.3 is 27.6 Å². The van der Waals surface area contributed by atoms with Crippen LogP contribution in [0.4, 0.5) is 0 Å². The summed E-state index contributed by atoms with van der Waals surface area (Å²) in [5, 5.41) is 28.2. The summed E-state index contributed by atoms with van der Waals surface area (Å²) in [6.07, 6.45) is 22.2. The van der Waals surface area contributed by atoms with Crippen molar-refractivity contribution in [2.24, 2.45) is 0 Å². The van der Waals surface area contributed by atoms with Gasteiger partial charge in [-0.05, 0) is 73.6 Å². The van der Waals surface area contributed by atoms with Gasteiger partial charge in [-0.1, -0.05) is 18.2 Å². The summed E-state index contributed by atoms with van der Waals surface area (Å²) in [7, 11) is 0. The first-order valence-corrected chi connectivity index (χ1v) is 12.2. The molecular formula is C24H22B2N12-2. The Balaban J connectivity index is 1.57. The van der Waals surface area contributed by atoms with Crippen LogP contribution in [0.2, 0.25) is 0 Å². The van der Waals surface area contributed by atoms with E-state index in [2.05, 4.69) is 18.2 Å². The van der Waals surface area contributed by atoms with Crippen LogP contribution in [0.25, 0.3) is 0 Å². The molecule has 0 radical (unpaired) electrons. The van der Waals surface area contributed by atoms with E-state index >= 15 is 0 Å². The number of hydrogen-bond donors (Lipinski definition) is 0. The van der Waals surface area contributed by atoms with Gasteiger partial charge in [0.2, 0.25) is 0 Å². The van der Waals surface area contributed by atoms with Crippen LogP contribution in [-0.2, 0) is 0 Å². The van der Waals surface area contributed by atoms with E-state index < -0.39 is 13.1 Å². The summed E-state index contributed by atoms with van der Waals surface area (Å²) < 4.78 is 11.4. The van der Waals surface area contributed by atoms with Gasteiger partial charge in [-0.15, -0.1) is 17.0 Å². The number of nitrogens with zero attached hydrogens (tertiary/aromatic N) is 12. The Labute approximate surface area is 217 Å². The number of rotatable bonds is 8. The van der Waals surface area contributed by atoms with Gasteiger partial charge in [0.25, 0.3) is 0 Å². The summed E-state index contributed by atoms with van der Waals surface area (Å²) in [6.45, 7) is -4.04. The van der Waals surface area contributed by atoms with Gasteiger partial charge in [-0.3, -0.25) is 0 Å². The standard InChI is InChI=1S/C24H22B2N12/c1-8-23(25(33-16-2-10-27-33,34-17-3-11-28-34)35-18-4-12-29-35)22-24(9-1)26(36-19-5-13-30-36,37-20-6-14-31-37)38-21-7-15-32-38/h1-22H/q-2. The second-order valence-electron chi connectivity index (χ2n) is 9.05. The monoisotopic (exact) mass is 500 g/mol. The Kier molecular flexibility index (Phi) is 4.96. The zero-order valence-corrected chi connectivity index (χ0v) is 20.2. The highest BCUT2D eigenvalue weighted by Crippen LogP contribution is 2.16. The SMILES string of the molecule is c1cc([B-](n2cccn2)(n2cccn2)n2cccn2)cc([B-](n2cccn2)(n2cccn2)n2cccn2)c1. The quantitative estimate of drug-likeness (QED) is 0.281. The molecule has 6 aromatic heterocycles. The van der Waals surface area contributed by atoms with E-state index in [1.54, 1.807) is 37.2 Å². The van der Waals surface area contributed by atoms with Gasteiger partial charge in [0.05, 0.1) is 0 Å². The van der Waals surface area contributed by atoms with Gasteiger partial charge in [0.1, 0.15) is 0 Å². The lowest BCUT2D eigenvalue weighted by atomic mass is 9.48. The third-order valence-corrected chi connectivity index (χ3v) is 7.17. The van der Waals surface area contributed by atoms with Gasteiger partial charge in [0.15, 0.2) is 0 Å². The summed E-state index contributed by atoms with van der Waals surface area (Å²) in [5.41, 5.74) is 1.85. The number of hydrogen-bond acceptors (Lipinski definition) is 6. The lowest BCUT2D eigenvalue weighted by Crippen LogP contribution is -2.71. The molecule has 1 aromatic carbocycles. The van der Waals surface area contributed by atoms with Crippen LogP contribution in [0.3, 0.4) is 0 Å². The minimum Gasteiger partial charge on any atom is -0.396 e. The molecule has 0 saturated heterocycles. The lowest BCUT2D eigenvalue weighted by Gasteiger charge is -2.45. The molecule has 0 saturated carbocycles. The largest absolute Gasteiger partial charge is 0.396 e. The smallest absolute Gasteiger partial charge is 0.368 e. The Morgan fingerprint density at radius 3 is 0.842 bits per heavy atom. The van der Waals surface area contributed by atoms with Crippen molar-refractivity contribution in [1.82, 2.24) is 58.1 Å². The second-order valence-corrected chi connectivity index (χ2v) is 9.05. The number of benzene rings is 1. The molecule has 0 aliphatic rings. The fourth-order valence-electron chi connectivity index (χ4n) is 5.65. The third-order valence-electron chi connectivity index (χ3n) is 7.17. The van der Waals surface area contributed by atoms with E-state index in [0.29, 0.717) is 0 Å². The molecule has 6 heterocycles. The van der Waals surface area contributed by atoms with E-state index in [-0.39, 0.29) is 0 Å². The second kappa shape index (κ2) is 8.62. The van der Waals surface area contributed by atoms with Gasteiger partial charge in [-0.2, -0.15) is 0 Å². The molecule has 0 aliphatic heterocycles. The molecule has 7 aromatic rings. The van der Waals surface area contributed by atoms with Crippen molar-refractivity contribution in [2.75, 3.05) is 0 Å². The molecule has 7 rings (SSSR count). The summed E-state index contributed by atoms with van der Waals surface area (Å²) in [4.78, 5) is 0. The molecule has 186 valence electrons.